The summed E-state index contributed by atoms with van der Waals surface area (Å²) in [6.45, 7) is 4.22. The highest BCUT2D eigenvalue weighted by molar-refractivity contribution is 8.81. The molecule has 0 aromatic rings. The molecule has 0 fully saturated rings. The lowest BCUT2D eigenvalue weighted by molar-refractivity contribution is 0.506. The quantitative estimate of drug-likeness (QED) is 0.401. The monoisotopic (exact) mass is 376 g/mol. The Labute approximate surface area is 145 Å². The maximum atomic E-state index is 4.22. The highest BCUT2D eigenvalue weighted by Gasteiger charge is 2.55. The molecule has 0 saturated carbocycles. The van der Waals surface area contributed by atoms with Gasteiger partial charge in [0.2, 0.25) is 0 Å². The molecule has 0 aromatic heterocycles. The fraction of sp³-hybridized carbons (Fsp3) is 0.429. The van der Waals surface area contributed by atoms with E-state index in [9.17, 15) is 0 Å². The van der Waals surface area contributed by atoms with E-state index in [0.29, 0.717) is 5.25 Å². The number of hydrogen-bond acceptors (Lipinski definition) is 6. The average molecular weight is 377 g/mol. The molecule has 0 saturated heterocycles. The molecule has 108 valence electrons. The van der Waals surface area contributed by atoms with E-state index < -0.39 is 0 Å². The molecule has 0 radical (unpaired) electrons. The van der Waals surface area contributed by atoms with Gasteiger partial charge in [-0.15, -0.1) is 6.58 Å². The van der Waals surface area contributed by atoms with Crippen molar-refractivity contribution in [3.05, 3.63) is 47.8 Å². The Balaban J connectivity index is 2.02. The molecule has 0 spiro atoms. The largest absolute Gasteiger partial charge is 0.102 e. The molecule has 6 heteroatoms. The van der Waals surface area contributed by atoms with Crippen molar-refractivity contribution < 1.29 is 0 Å². The summed E-state index contributed by atoms with van der Waals surface area (Å²) in [5, 5.41) is 5.00. The van der Waals surface area contributed by atoms with Gasteiger partial charge in [0, 0.05) is 5.75 Å². The first kappa shape index (κ1) is 15.9. The third-order valence-corrected chi connectivity index (χ3v) is 12.5. The summed E-state index contributed by atoms with van der Waals surface area (Å²) in [7, 11) is 11.8. The van der Waals surface area contributed by atoms with Crippen LogP contribution in [0.5, 0.6) is 0 Å². The van der Waals surface area contributed by atoms with Crippen LogP contribution in [0, 0.1) is 0 Å². The molecule has 3 atom stereocenters. The minimum Gasteiger partial charge on any atom is -0.102 e. The smallest absolute Gasteiger partial charge is 0.0655 e. The predicted octanol–water partition coefficient (Wildman–Crippen LogP) is 6.57. The molecular formula is C14H16S6. The summed E-state index contributed by atoms with van der Waals surface area (Å²) in [6, 6.07) is 0. The molecule has 3 aliphatic rings. The van der Waals surface area contributed by atoms with Crippen LogP contribution in [0.15, 0.2) is 47.8 Å². The predicted molar refractivity (Wildman–Crippen MR) is 107 cm³/mol. The number of allylic oxidation sites excluding steroid dienone is 2. The zero-order valence-electron chi connectivity index (χ0n) is 10.9. The van der Waals surface area contributed by atoms with Crippen LogP contribution in [-0.4, -0.2) is 20.5 Å². The van der Waals surface area contributed by atoms with E-state index in [1.165, 1.54) is 0 Å². The maximum Gasteiger partial charge on any atom is 0.0655 e. The minimum absolute atomic E-state index is 0.106. The Morgan fingerprint density at radius 3 is 2.40 bits per heavy atom. The SMILES string of the molecule is C=CC1(C2(C3C=CCSS3)CC=CSS2)CC=CSS1. The van der Waals surface area contributed by atoms with E-state index >= 15 is 0 Å². The molecule has 3 unspecified atom stereocenters. The van der Waals surface area contributed by atoms with Crippen molar-refractivity contribution in [2.75, 3.05) is 5.75 Å². The van der Waals surface area contributed by atoms with Crippen LogP contribution in [0.4, 0.5) is 0 Å². The van der Waals surface area contributed by atoms with Crippen LogP contribution in [-0.2, 0) is 0 Å². The van der Waals surface area contributed by atoms with Crippen molar-refractivity contribution in [2.45, 2.75) is 27.6 Å². The van der Waals surface area contributed by atoms with Crippen molar-refractivity contribution in [2.24, 2.45) is 0 Å². The zero-order valence-corrected chi connectivity index (χ0v) is 15.8. The molecule has 0 bridgehead atoms. The van der Waals surface area contributed by atoms with E-state index in [1.54, 1.807) is 0 Å². The van der Waals surface area contributed by atoms with Crippen molar-refractivity contribution in [1.82, 2.24) is 0 Å². The Morgan fingerprint density at radius 2 is 1.85 bits per heavy atom. The van der Waals surface area contributed by atoms with Gasteiger partial charge in [0.25, 0.3) is 0 Å². The molecule has 0 aromatic carbocycles. The summed E-state index contributed by atoms with van der Waals surface area (Å²) < 4.78 is 0.292. The molecular weight excluding hydrogens is 361 g/mol. The molecule has 3 aliphatic heterocycles. The van der Waals surface area contributed by atoms with Gasteiger partial charge in [-0.1, -0.05) is 95.1 Å². The second-order valence-electron chi connectivity index (χ2n) is 4.72. The topological polar surface area (TPSA) is 0 Å². The van der Waals surface area contributed by atoms with Gasteiger partial charge in [0.05, 0.1) is 14.7 Å². The Morgan fingerprint density at radius 1 is 1.05 bits per heavy atom. The van der Waals surface area contributed by atoms with E-state index in [-0.39, 0.29) is 9.49 Å². The first-order chi connectivity index (χ1) is 9.83. The van der Waals surface area contributed by atoms with E-state index in [1.807, 2.05) is 54.0 Å². The molecule has 0 N–H and O–H groups in total. The van der Waals surface area contributed by atoms with Gasteiger partial charge in [-0.2, -0.15) is 0 Å². The van der Waals surface area contributed by atoms with Crippen molar-refractivity contribution in [3.8, 4) is 0 Å². The fourth-order valence-corrected chi connectivity index (χ4v) is 12.2. The molecule has 20 heavy (non-hydrogen) atoms. The van der Waals surface area contributed by atoms with E-state index in [0.717, 1.165) is 18.6 Å². The second kappa shape index (κ2) is 7.09. The van der Waals surface area contributed by atoms with Crippen LogP contribution in [0.1, 0.15) is 12.8 Å². The maximum absolute atomic E-state index is 4.22. The summed E-state index contributed by atoms with van der Waals surface area (Å²) >= 11 is 0. The lowest BCUT2D eigenvalue weighted by atomic mass is 9.81. The van der Waals surface area contributed by atoms with Crippen LogP contribution in [0.25, 0.3) is 0 Å². The molecule has 3 heterocycles. The molecule has 0 aliphatic carbocycles. The first-order valence-electron chi connectivity index (χ1n) is 6.40. The lowest BCUT2D eigenvalue weighted by Gasteiger charge is -2.52. The van der Waals surface area contributed by atoms with Crippen LogP contribution in [0.2, 0.25) is 0 Å². The molecule has 0 nitrogen and oxygen atoms in total. The summed E-state index contributed by atoms with van der Waals surface area (Å²) in [5.74, 6) is 1.13. The summed E-state index contributed by atoms with van der Waals surface area (Å²) in [6.07, 6.45) is 13.9. The van der Waals surface area contributed by atoms with E-state index in [4.69, 9.17) is 0 Å². The highest BCUT2D eigenvalue weighted by Crippen LogP contribution is 2.65. The third-order valence-electron chi connectivity index (χ3n) is 3.69. The Hall–Kier alpha value is 1.06. The van der Waals surface area contributed by atoms with Crippen LogP contribution in [0.3, 0.4) is 0 Å². The van der Waals surface area contributed by atoms with Gasteiger partial charge in [-0.05, 0) is 23.7 Å². The van der Waals surface area contributed by atoms with Crippen LogP contribution < -0.4 is 0 Å². The first-order valence-corrected chi connectivity index (χ1v) is 13.2. The number of hydrogen-bond donors (Lipinski definition) is 0. The van der Waals surface area contributed by atoms with Gasteiger partial charge < -0.3 is 0 Å². The zero-order chi connectivity index (χ0) is 13.9. The van der Waals surface area contributed by atoms with Crippen molar-refractivity contribution in [1.29, 1.82) is 0 Å². The average Bonchev–Trinajstić information content (AvgIpc) is 2.57. The molecule has 3 rings (SSSR count). The van der Waals surface area contributed by atoms with Crippen molar-refractivity contribution in [3.63, 3.8) is 0 Å². The Kier molecular flexibility index (Phi) is 5.65. The molecule has 0 amide bonds. The second-order valence-corrected chi connectivity index (χ2v) is 12.2. The van der Waals surface area contributed by atoms with E-state index in [2.05, 4.69) is 58.6 Å². The van der Waals surface area contributed by atoms with Gasteiger partial charge >= 0.3 is 0 Å². The van der Waals surface area contributed by atoms with Gasteiger partial charge in [-0.25, -0.2) is 0 Å². The number of rotatable bonds is 3. The van der Waals surface area contributed by atoms with Gasteiger partial charge in [0.15, 0.2) is 0 Å². The van der Waals surface area contributed by atoms with Gasteiger partial charge in [-0.3, -0.25) is 0 Å². The Bertz CT molecular complexity index is 457. The van der Waals surface area contributed by atoms with Gasteiger partial charge in [0.1, 0.15) is 0 Å². The third kappa shape index (κ3) is 2.81. The van der Waals surface area contributed by atoms with Crippen molar-refractivity contribution >= 4 is 64.8 Å². The lowest BCUT2D eigenvalue weighted by Crippen LogP contribution is -2.54. The summed E-state index contributed by atoms with van der Waals surface area (Å²) in [4.78, 5) is 0. The fourth-order valence-electron chi connectivity index (χ4n) is 2.60. The minimum atomic E-state index is 0.106. The summed E-state index contributed by atoms with van der Waals surface area (Å²) in [5.41, 5.74) is 0. The standard InChI is InChI=1S/C14H16S6/c1-2-13(7-4-10-16-19-13)14(8-5-11-17-20-14)12-6-3-9-15-18-12/h2-6,10-12H,1,7-9H2. The highest BCUT2D eigenvalue weighted by atomic mass is 33.1. The van der Waals surface area contributed by atoms with Crippen LogP contribution >= 0.6 is 64.8 Å². The normalized spacial score (nSPS) is 40.7.